The molecule has 0 saturated heterocycles. The maximum atomic E-state index is 4.93. The van der Waals surface area contributed by atoms with E-state index in [4.69, 9.17) is 4.98 Å². The second kappa shape index (κ2) is 6.44. The van der Waals surface area contributed by atoms with Crippen LogP contribution in [0.15, 0.2) is 30.3 Å². The molecule has 1 heterocycles. The topological polar surface area (TPSA) is 28.2 Å². The molecular formula is C18H27N3. The summed E-state index contributed by atoms with van der Waals surface area (Å²) in [5, 5.41) is 4.63. The molecule has 0 unspecified atom stereocenters. The fourth-order valence-corrected chi connectivity index (χ4v) is 2.35. The number of nitrogens with one attached hydrogen (secondary N) is 1. The van der Waals surface area contributed by atoms with Gasteiger partial charge in [0.1, 0.15) is 5.82 Å². The Kier molecular flexibility index (Phi) is 4.84. The quantitative estimate of drug-likeness (QED) is 0.870. The van der Waals surface area contributed by atoms with Crippen LogP contribution in [0.2, 0.25) is 0 Å². The summed E-state index contributed by atoms with van der Waals surface area (Å²) in [7, 11) is 2.15. The molecule has 1 aromatic carbocycles. The molecule has 0 radical (unpaired) electrons. The molecule has 114 valence electrons. The van der Waals surface area contributed by atoms with Gasteiger partial charge in [-0.1, -0.05) is 32.0 Å². The molecule has 0 amide bonds. The fraction of sp³-hybridized carbons (Fsp3) is 0.500. The van der Waals surface area contributed by atoms with Gasteiger partial charge in [0.15, 0.2) is 0 Å². The van der Waals surface area contributed by atoms with E-state index in [-0.39, 0.29) is 5.54 Å². The van der Waals surface area contributed by atoms with Crippen LogP contribution < -0.4 is 10.2 Å². The number of rotatable bonds is 6. The van der Waals surface area contributed by atoms with E-state index in [1.807, 2.05) is 6.07 Å². The molecule has 0 aliphatic rings. The Morgan fingerprint density at radius 2 is 1.90 bits per heavy atom. The lowest BCUT2D eigenvalue weighted by molar-refractivity contribution is 0.466. The number of anilines is 1. The first-order valence-electron chi connectivity index (χ1n) is 7.82. The number of pyridine rings is 1. The molecule has 0 atom stereocenters. The van der Waals surface area contributed by atoms with Crippen LogP contribution >= 0.6 is 0 Å². The van der Waals surface area contributed by atoms with E-state index in [1.54, 1.807) is 0 Å². The zero-order valence-electron chi connectivity index (χ0n) is 13.9. The smallest absolute Gasteiger partial charge is 0.133 e. The van der Waals surface area contributed by atoms with Crippen LogP contribution in [0.3, 0.4) is 0 Å². The van der Waals surface area contributed by atoms with Crippen LogP contribution in [0.25, 0.3) is 10.9 Å². The van der Waals surface area contributed by atoms with Crippen LogP contribution in [0.1, 0.15) is 39.7 Å². The highest BCUT2D eigenvalue weighted by atomic mass is 15.2. The van der Waals surface area contributed by atoms with Gasteiger partial charge in [-0.25, -0.2) is 4.98 Å². The molecule has 2 rings (SSSR count). The SMILES string of the molecule is CCNCc1cc2ccccc2nc1N(C)C(C)(C)CC. The summed E-state index contributed by atoms with van der Waals surface area (Å²) in [6.45, 7) is 10.7. The third kappa shape index (κ3) is 3.35. The Hall–Kier alpha value is -1.61. The van der Waals surface area contributed by atoms with Crippen molar-refractivity contribution in [3.8, 4) is 0 Å². The Bertz CT molecular complexity index is 604. The molecule has 21 heavy (non-hydrogen) atoms. The van der Waals surface area contributed by atoms with Gasteiger partial charge in [-0.05, 0) is 38.9 Å². The second-order valence-corrected chi connectivity index (χ2v) is 6.17. The third-order valence-corrected chi connectivity index (χ3v) is 4.44. The Labute approximate surface area is 128 Å². The summed E-state index contributed by atoms with van der Waals surface area (Å²) in [5.41, 5.74) is 2.42. The zero-order chi connectivity index (χ0) is 15.5. The molecule has 3 heteroatoms. The van der Waals surface area contributed by atoms with Gasteiger partial charge in [0.25, 0.3) is 0 Å². The largest absolute Gasteiger partial charge is 0.354 e. The first kappa shape index (κ1) is 15.8. The second-order valence-electron chi connectivity index (χ2n) is 6.17. The van der Waals surface area contributed by atoms with E-state index in [0.717, 1.165) is 30.8 Å². The van der Waals surface area contributed by atoms with Crippen molar-refractivity contribution in [3.05, 3.63) is 35.9 Å². The number of nitrogens with zero attached hydrogens (tertiary/aromatic N) is 2. The van der Waals surface area contributed by atoms with Crippen molar-refractivity contribution in [3.63, 3.8) is 0 Å². The van der Waals surface area contributed by atoms with E-state index in [9.17, 15) is 0 Å². The van der Waals surface area contributed by atoms with Gasteiger partial charge in [-0.15, -0.1) is 0 Å². The summed E-state index contributed by atoms with van der Waals surface area (Å²) in [6.07, 6.45) is 1.08. The van der Waals surface area contributed by atoms with Crippen molar-refractivity contribution in [1.82, 2.24) is 10.3 Å². The van der Waals surface area contributed by atoms with Gasteiger partial charge < -0.3 is 10.2 Å². The first-order valence-corrected chi connectivity index (χ1v) is 7.82. The average molecular weight is 285 g/mol. The van der Waals surface area contributed by atoms with Crippen LogP contribution in [0.5, 0.6) is 0 Å². The summed E-state index contributed by atoms with van der Waals surface area (Å²) in [6, 6.07) is 10.6. The van der Waals surface area contributed by atoms with Gasteiger partial charge in [-0.3, -0.25) is 0 Å². The normalized spacial score (nSPS) is 11.9. The predicted octanol–water partition coefficient (Wildman–Crippen LogP) is 3.97. The molecule has 1 N–H and O–H groups in total. The van der Waals surface area contributed by atoms with Gasteiger partial charge in [0.05, 0.1) is 5.52 Å². The van der Waals surface area contributed by atoms with Gasteiger partial charge in [0.2, 0.25) is 0 Å². The van der Waals surface area contributed by atoms with Crippen molar-refractivity contribution < 1.29 is 0 Å². The third-order valence-electron chi connectivity index (χ3n) is 4.44. The molecule has 0 aliphatic carbocycles. The fourth-order valence-electron chi connectivity index (χ4n) is 2.35. The molecule has 2 aromatic rings. The van der Waals surface area contributed by atoms with Crippen molar-refractivity contribution in [2.75, 3.05) is 18.5 Å². The van der Waals surface area contributed by atoms with Crippen LogP contribution in [-0.2, 0) is 6.54 Å². The average Bonchev–Trinajstić information content (AvgIpc) is 2.51. The summed E-state index contributed by atoms with van der Waals surface area (Å²) < 4.78 is 0. The van der Waals surface area contributed by atoms with Crippen molar-refractivity contribution in [1.29, 1.82) is 0 Å². The van der Waals surface area contributed by atoms with Crippen LogP contribution in [0, 0.1) is 0 Å². The lowest BCUT2D eigenvalue weighted by Crippen LogP contribution is -2.41. The van der Waals surface area contributed by atoms with E-state index in [1.165, 1.54) is 10.9 Å². The summed E-state index contributed by atoms with van der Waals surface area (Å²) >= 11 is 0. The molecule has 0 bridgehead atoms. The molecule has 1 aromatic heterocycles. The van der Waals surface area contributed by atoms with Crippen LogP contribution in [0.4, 0.5) is 5.82 Å². The van der Waals surface area contributed by atoms with Crippen molar-refractivity contribution in [2.45, 2.75) is 46.2 Å². The Balaban J connectivity index is 2.52. The van der Waals surface area contributed by atoms with Gasteiger partial charge in [-0.2, -0.15) is 0 Å². The molecule has 0 spiro atoms. The lowest BCUT2D eigenvalue weighted by atomic mass is 9.99. The standard InChI is InChI=1S/C18H27N3/c1-6-18(3,4)21(5)17-15(13-19-7-2)12-14-10-8-9-11-16(14)20-17/h8-12,19H,6-7,13H2,1-5H3. The minimum atomic E-state index is 0.0937. The molecule has 0 aliphatic heterocycles. The highest BCUT2D eigenvalue weighted by molar-refractivity contribution is 5.82. The monoisotopic (exact) mass is 285 g/mol. The maximum Gasteiger partial charge on any atom is 0.133 e. The molecular weight excluding hydrogens is 258 g/mol. The van der Waals surface area contributed by atoms with E-state index in [0.29, 0.717) is 0 Å². The highest BCUT2D eigenvalue weighted by Gasteiger charge is 2.24. The van der Waals surface area contributed by atoms with Gasteiger partial charge in [0, 0.05) is 30.1 Å². The molecule has 0 saturated carbocycles. The highest BCUT2D eigenvalue weighted by Crippen LogP contribution is 2.29. The Morgan fingerprint density at radius 1 is 1.19 bits per heavy atom. The van der Waals surface area contributed by atoms with E-state index >= 15 is 0 Å². The Morgan fingerprint density at radius 3 is 2.57 bits per heavy atom. The number of para-hydroxylation sites is 1. The number of aromatic nitrogens is 1. The van der Waals surface area contributed by atoms with E-state index < -0.39 is 0 Å². The predicted molar refractivity (Wildman–Crippen MR) is 91.9 cm³/mol. The molecule has 0 fully saturated rings. The summed E-state index contributed by atoms with van der Waals surface area (Å²) in [4.78, 5) is 7.24. The van der Waals surface area contributed by atoms with Gasteiger partial charge >= 0.3 is 0 Å². The van der Waals surface area contributed by atoms with Crippen molar-refractivity contribution in [2.24, 2.45) is 0 Å². The number of benzene rings is 1. The number of fused-ring (bicyclic) bond motifs is 1. The minimum absolute atomic E-state index is 0.0937. The lowest BCUT2D eigenvalue weighted by Gasteiger charge is -2.37. The van der Waals surface area contributed by atoms with E-state index in [2.05, 4.69) is 69.2 Å². The molecule has 3 nitrogen and oxygen atoms in total. The number of hydrogen-bond acceptors (Lipinski definition) is 3. The first-order chi connectivity index (χ1) is 9.99. The minimum Gasteiger partial charge on any atom is -0.354 e. The van der Waals surface area contributed by atoms with Crippen LogP contribution in [-0.4, -0.2) is 24.1 Å². The maximum absolute atomic E-state index is 4.93. The zero-order valence-corrected chi connectivity index (χ0v) is 13.9. The van der Waals surface area contributed by atoms with Crippen molar-refractivity contribution >= 4 is 16.7 Å². The number of hydrogen-bond donors (Lipinski definition) is 1. The summed E-state index contributed by atoms with van der Waals surface area (Å²) in [5.74, 6) is 1.08.